The van der Waals surface area contributed by atoms with Crippen LogP contribution in [0.15, 0.2) is 62.1 Å². The van der Waals surface area contributed by atoms with E-state index in [1.165, 1.54) is 175 Å². The first kappa shape index (κ1) is 112. The standard InChI is InChI=1S/C81H133N34O24P5/c1-18-80(19-2,48(6)116)101-55(23-22-25-88-75(83)84)66(118)81(20-3,21-4)92-28-58(117)107-29-49(136-59(35-107)113-44-89-63-67(113)94-76(85)98-72(63)121)40-131-143(128,105(13)14)110-33-53(139-61(37-110)114-45-90-64-68(114)95-77(86)99-73(64)122)43-134-144(129,106(15)16)111-32-52(138-62(38-111)115-46-91-65-69(115)96-78(87)100-74(65)123)42-133-141(126,103(9)10)108-30-50(135-56(34-108)54-27-47(5)70(119)97-71(54)120)41-132-142(127,104(11)12)109-31-51(39-130-140(17,125)102(7)8)137-60(36-109)112-26-24-57(82)93-79(112)124/h24,26-27,44-46,49-56,59-62,92,101H,18-23,25,28-43H2,1-17H3,(H2,82,93,124)(H4,83,84,88)(H,97,119,120)(H3,85,94,98,121)(H3,86,95,99,122)(H3,87,96,100,123). The number of imide groups is 1. The Balaban J connectivity index is 0.791. The second-order valence-corrected chi connectivity index (χ2v) is 50.1. The van der Waals surface area contributed by atoms with Crippen molar-refractivity contribution in [1.82, 2.24) is 136 Å². The van der Waals surface area contributed by atoms with Crippen LogP contribution in [0.25, 0.3) is 33.5 Å². The average Bonchev–Trinajstić information content (AvgIpc) is 1.60. The summed E-state index contributed by atoms with van der Waals surface area (Å²) in [5.41, 5.74) is 24.2. The molecule has 13 rings (SSSR count). The van der Waals surface area contributed by atoms with Gasteiger partial charge in [-0.2, -0.15) is 19.9 Å². The number of rotatable bonds is 45. The number of fused-ring (bicyclic) bond motifs is 3. The van der Waals surface area contributed by atoms with E-state index in [4.69, 9.17) is 80.4 Å². The Morgan fingerprint density at radius 3 is 1.29 bits per heavy atom. The number of hydrogen-bond acceptors (Lipinski definition) is 38. The van der Waals surface area contributed by atoms with E-state index in [0.29, 0.717) is 19.3 Å². The van der Waals surface area contributed by atoms with Crippen molar-refractivity contribution in [2.45, 2.75) is 159 Å². The van der Waals surface area contributed by atoms with Crippen molar-refractivity contribution in [1.29, 1.82) is 5.41 Å². The Kier molecular flexibility index (Phi) is 35.4. The van der Waals surface area contributed by atoms with Crippen LogP contribution in [0.4, 0.5) is 23.7 Å². The van der Waals surface area contributed by atoms with Crippen molar-refractivity contribution >= 4 is 131 Å². The maximum absolute atomic E-state index is 16.8. The van der Waals surface area contributed by atoms with Gasteiger partial charge >= 0.3 is 36.4 Å². The molecule has 17 unspecified atom stereocenters. The summed E-state index contributed by atoms with van der Waals surface area (Å²) in [6.45, 7) is 5.94. The Morgan fingerprint density at radius 1 is 0.528 bits per heavy atom. The van der Waals surface area contributed by atoms with Gasteiger partial charge in [0.25, 0.3) is 30.1 Å². The highest BCUT2D eigenvalue weighted by molar-refractivity contribution is 7.56. The van der Waals surface area contributed by atoms with E-state index in [0.717, 1.165) is 4.57 Å². The number of anilines is 4. The average molecular weight is 2120 g/mol. The number of nitrogen functional groups attached to an aromatic ring is 4. The fraction of sp³-hybridized carbons (Fsp3) is 0.667. The normalized spacial score (nSPS) is 24.7. The minimum Gasteiger partial charge on any atom is -0.383 e. The second-order valence-electron chi connectivity index (χ2n) is 37.0. The minimum absolute atomic E-state index is 0.0165. The van der Waals surface area contributed by atoms with Crippen molar-refractivity contribution in [3.05, 3.63) is 84.4 Å². The highest BCUT2D eigenvalue weighted by Gasteiger charge is 2.53. The van der Waals surface area contributed by atoms with Gasteiger partial charge in [0.1, 0.15) is 30.2 Å². The number of aromatic amines is 3. The number of nitrogens with two attached hydrogens (primary N) is 5. The summed E-state index contributed by atoms with van der Waals surface area (Å²) < 4.78 is 164. The summed E-state index contributed by atoms with van der Waals surface area (Å²) in [5, 5.41) is 19.6. The molecule has 18 N–H and O–H groups in total. The van der Waals surface area contributed by atoms with Crippen molar-refractivity contribution in [2.75, 3.05) is 212 Å². The highest BCUT2D eigenvalue weighted by Crippen LogP contribution is 2.60. The number of morpholine rings is 5. The molecule has 5 saturated heterocycles. The number of carbonyl (C=O) groups excluding carboxylic acids is 5. The van der Waals surface area contributed by atoms with Gasteiger partial charge in [0, 0.05) is 64.2 Å². The summed E-state index contributed by atoms with van der Waals surface area (Å²) >= 11 is 0. The fourth-order valence-electron chi connectivity index (χ4n) is 18.1. The van der Waals surface area contributed by atoms with E-state index >= 15 is 27.8 Å². The van der Waals surface area contributed by atoms with Crippen molar-refractivity contribution < 1.29 is 93.1 Å². The Morgan fingerprint density at radius 2 is 0.910 bits per heavy atom. The van der Waals surface area contributed by atoms with Gasteiger partial charge in [-0.15, -0.1) is 0 Å². The summed E-state index contributed by atoms with van der Waals surface area (Å²) in [7, 11) is -6.43. The number of ketones is 2. The van der Waals surface area contributed by atoms with Crippen molar-refractivity contribution in [2.24, 2.45) is 11.7 Å². The van der Waals surface area contributed by atoms with Crippen LogP contribution < -0.4 is 72.3 Å². The molecule has 63 heteroatoms. The fourth-order valence-corrected chi connectivity index (χ4v) is 26.8. The zero-order chi connectivity index (χ0) is 105. The zero-order valence-electron chi connectivity index (χ0n) is 83.5. The van der Waals surface area contributed by atoms with E-state index in [2.05, 4.69) is 71.1 Å². The van der Waals surface area contributed by atoms with E-state index in [1.807, 2.05) is 27.7 Å². The number of nitrogens with zero attached hydrogens (tertiary/aromatic N) is 21. The highest BCUT2D eigenvalue weighted by atomic mass is 31.2. The molecule has 0 spiro atoms. The number of carbonyl (C=O) groups is 5. The van der Waals surface area contributed by atoms with Crippen LogP contribution in [0.5, 0.6) is 0 Å². The molecule has 0 bridgehead atoms. The van der Waals surface area contributed by atoms with Crippen LogP contribution >= 0.6 is 38.2 Å². The second kappa shape index (κ2) is 45.6. The third-order valence-corrected chi connectivity index (χ3v) is 38.8. The van der Waals surface area contributed by atoms with Gasteiger partial charge in [0.05, 0.1) is 138 Å². The summed E-state index contributed by atoms with van der Waals surface area (Å²) in [6.07, 6.45) is -4.00. The molecular weight excluding hydrogens is 1990 g/mol. The molecule has 3 amide bonds. The monoisotopic (exact) mass is 2120 g/mol. The maximum atomic E-state index is 16.8. The molecule has 796 valence electrons. The summed E-state index contributed by atoms with van der Waals surface area (Å²) in [6, 6.07) is 0.463. The molecule has 7 aromatic rings. The minimum atomic E-state index is -4.60. The van der Waals surface area contributed by atoms with Crippen LogP contribution in [-0.4, -0.2) is 393 Å². The molecule has 144 heavy (non-hydrogen) atoms. The Labute approximate surface area is 828 Å². The van der Waals surface area contributed by atoms with E-state index in [1.54, 1.807) is 14.1 Å². The number of ether oxygens (including phenoxy) is 5. The molecule has 0 aliphatic carbocycles. The van der Waals surface area contributed by atoms with Gasteiger partial charge in [0.15, 0.2) is 57.7 Å². The molecule has 17 atom stereocenters. The number of Topliss-reactive ketones (excluding diaryl/α,β-unsaturated/α-hetero) is 2. The molecule has 58 nitrogen and oxygen atoms in total. The van der Waals surface area contributed by atoms with E-state index in [9.17, 15) is 38.1 Å². The SMILES string of the molecule is CCC(CC)(NC(CCCNC(=N)N)C(=O)C(CC)(CC)NCC(=O)N1CC(COP(=O)(N(C)C)N2CC(COP(=O)(N(C)C)N3CC(COP(=O)(N(C)C)N4CC(COP(=O)(N(C)C)N5CC(COP(C)(=O)N(C)C)OC(n6ccc(N)nc6=O)C5)OC(C5C=C(C)C(=O)NC5=O)C4)OC(n4cnc5c(=O)[nH]c(N)nc54)C3)OC(n3cnc4c(=O)[nH]c(N)nc43)C2)OC(n2cnc3c(=O)[nH]c(N)nc32)C1)C(C)=O. The number of H-pyrrole nitrogens is 3. The lowest BCUT2D eigenvalue weighted by Crippen LogP contribution is -2.64. The van der Waals surface area contributed by atoms with Gasteiger partial charge in [0.2, 0.25) is 29.7 Å². The maximum Gasteiger partial charge on any atom is 0.351 e. The van der Waals surface area contributed by atoms with Crippen molar-refractivity contribution in [3.8, 4) is 0 Å². The number of nitrogens with one attached hydrogen (secondary N) is 8. The molecule has 6 aliphatic rings. The number of aromatic nitrogens is 14. The third kappa shape index (κ3) is 24.0. The zero-order valence-corrected chi connectivity index (χ0v) is 87.9. The first-order chi connectivity index (χ1) is 67.9. The first-order valence-corrected chi connectivity index (χ1v) is 54.9. The molecule has 0 radical (unpaired) electrons. The van der Waals surface area contributed by atoms with Gasteiger partial charge in [-0.3, -0.25) is 116 Å². The molecular formula is C81H133N34O24P5. The van der Waals surface area contributed by atoms with Gasteiger partial charge in [-0.05, 0) is 129 Å². The van der Waals surface area contributed by atoms with Crippen LogP contribution in [0.2, 0.25) is 0 Å². The predicted molar refractivity (Wildman–Crippen MR) is 527 cm³/mol. The molecule has 0 aromatic carbocycles. The predicted octanol–water partition coefficient (Wildman–Crippen LogP) is -0.183. The lowest BCUT2D eigenvalue weighted by atomic mass is 9.80. The van der Waals surface area contributed by atoms with Crippen LogP contribution in [0.3, 0.4) is 0 Å². The quantitative estimate of drug-likeness (QED) is 0.00774. The van der Waals surface area contributed by atoms with E-state index in [-0.39, 0.29) is 178 Å². The van der Waals surface area contributed by atoms with Crippen LogP contribution in [-0.2, 0) is 93.1 Å². The topological polar surface area (TPSA) is 723 Å². The molecule has 7 aromatic heterocycles. The number of guanidine groups is 1. The molecule has 13 heterocycles. The van der Waals surface area contributed by atoms with E-state index < -0.39 is 196 Å². The summed E-state index contributed by atoms with van der Waals surface area (Å²) in [4.78, 5) is 164. The number of hydrogen-bond donors (Lipinski definition) is 13. The molecule has 0 saturated carbocycles. The molecule has 5 fully saturated rings. The third-order valence-electron chi connectivity index (χ3n) is 26.5. The van der Waals surface area contributed by atoms with Crippen LogP contribution in [0.1, 0.15) is 105 Å². The molecule has 6 aliphatic heterocycles. The largest absolute Gasteiger partial charge is 0.383 e. The lowest BCUT2D eigenvalue weighted by Gasteiger charge is -2.46. The first-order valence-electron chi connectivity index (χ1n) is 46.7. The smallest absolute Gasteiger partial charge is 0.351 e. The van der Waals surface area contributed by atoms with Gasteiger partial charge < -0.3 is 85.2 Å². The lowest BCUT2D eigenvalue weighted by molar-refractivity contribution is -0.158. The summed E-state index contributed by atoms with van der Waals surface area (Å²) in [5.74, 6) is -4.85. The number of amides is 3. The Hall–Kier alpha value is -9.60. The Bertz CT molecular complexity index is 6420. The van der Waals surface area contributed by atoms with Crippen molar-refractivity contribution in [3.63, 3.8) is 0 Å². The van der Waals surface area contributed by atoms with Gasteiger partial charge in [-0.1, -0.05) is 33.8 Å². The van der Waals surface area contributed by atoms with Crippen LogP contribution in [0, 0.1) is 11.3 Å². The van der Waals surface area contributed by atoms with Gasteiger partial charge in [-0.25, -0.2) is 61.8 Å². The number of imidazole rings is 3.